The van der Waals surface area contributed by atoms with Crippen LogP contribution in [0.4, 0.5) is 0 Å². The molecule has 3 nitrogen and oxygen atoms in total. The fourth-order valence-electron chi connectivity index (χ4n) is 0.845. The maximum atomic E-state index is 6.05. The van der Waals surface area contributed by atoms with Crippen LogP contribution in [0.2, 0.25) is 18.1 Å². The standard InChI is InChI=1S/C13H26N2OSi/c1-11(14)8-9-12(15-5)10-16-17(6,7)13(2,3)4/h8-9H,5,10,14H2,1-4,6-7H3/b11-8+,12-9-. The molecule has 0 saturated heterocycles. The zero-order chi connectivity index (χ0) is 13.7. The van der Waals surface area contributed by atoms with Gasteiger partial charge in [0.05, 0.1) is 12.3 Å². The van der Waals surface area contributed by atoms with Crippen molar-refractivity contribution < 1.29 is 4.43 Å². The minimum Gasteiger partial charge on any atom is -0.411 e. The number of aliphatic imine (C=N–C) groups is 1. The second-order valence-electron chi connectivity index (χ2n) is 5.78. The first-order chi connectivity index (χ1) is 7.60. The second-order valence-corrected chi connectivity index (χ2v) is 10.6. The highest BCUT2D eigenvalue weighted by Gasteiger charge is 2.37. The van der Waals surface area contributed by atoms with Crippen molar-refractivity contribution in [3.05, 3.63) is 23.5 Å². The summed E-state index contributed by atoms with van der Waals surface area (Å²) < 4.78 is 6.05. The lowest BCUT2D eigenvalue weighted by Crippen LogP contribution is -2.41. The Hall–Kier alpha value is -0.873. The van der Waals surface area contributed by atoms with Gasteiger partial charge in [-0.1, -0.05) is 20.8 Å². The van der Waals surface area contributed by atoms with Gasteiger partial charge in [-0.3, -0.25) is 4.99 Å². The van der Waals surface area contributed by atoms with Crippen LogP contribution in [0.5, 0.6) is 0 Å². The first-order valence-electron chi connectivity index (χ1n) is 5.84. The van der Waals surface area contributed by atoms with Crippen molar-refractivity contribution >= 4 is 15.0 Å². The first-order valence-corrected chi connectivity index (χ1v) is 8.74. The Morgan fingerprint density at radius 1 is 1.35 bits per heavy atom. The normalized spacial score (nSPS) is 14.9. The molecule has 0 saturated carbocycles. The van der Waals surface area contributed by atoms with E-state index in [4.69, 9.17) is 10.2 Å². The van der Waals surface area contributed by atoms with Gasteiger partial charge in [-0.05, 0) is 43.9 Å². The molecule has 0 rings (SSSR count). The van der Waals surface area contributed by atoms with E-state index in [9.17, 15) is 0 Å². The van der Waals surface area contributed by atoms with Crippen molar-refractivity contribution in [1.29, 1.82) is 0 Å². The van der Waals surface area contributed by atoms with Crippen molar-refractivity contribution in [3.8, 4) is 0 Å². The van der Waals surface area contributed by atoms with Crippen LogP contribution in [0.1, 0.15) is 27.7 Å². The molecule has 0 unspecified atom stereocenters. The maximum absolute atomic E-state index is 6.05. The van der Waals surface area contributed by atoms with Crippen LogP contribution >= 0.6 is 0 Å². The SMILES string of the molecule is C=N/C(=C\C=C(/C)N)CO[Si](C)(C)C(C)(C)C. The molecule has 0 atom stereocenters. The number of hydrogen-bond acceptors (Lipinski definition) is 3. The van der Waals surface area contributed by atoms with Crippen LogP contribution < -0.4 is 5.73 Å². The molecule has 17 heavy (non-hydrogen) atoms. The van der Waals surface area contributed by atoms with Gasteiger partial charge in [0, 0.05) is 5.70 Å². The van der Waals surface area contributed by atoms with E-state index in [2.05, 4.69) is 45.6 Å². The molecule has 0 aliphatic heterocycles. The zero-order valence-electron chi connectivity index (χ0n) is 12.0. The molecule has 0 heterocycles. The van der Waals surface area contributed by atoms with Gasteiger partial charge in [0.1, 0.15) is 0 Å². The van der Waals surface area contributed by atoms with Crippen molar-refractivity contribution in [1.82, 2.24) is 0 Å². The van der Waals surface area contributed by atoms with Gasteiger partial charge in [0.2, 0.25) is 0 Å². The maximum Gasteiger partial charge on any atom is 0.192 e. The number of nitrogens with zero attached hydrogens (tertiary/aromatic N) is 1. The lowest BCUT2D eigenvalue weighted by Gasteiger charge is -2.36. The van der Waals surface area contributed by atoms with Crippen LogP contribution in [-0.4, -0.2) is 21.6 Å². The Kier molecular flexibility index (Phi) is 5.85. The van der Waals surface area contributed by atoms with Crippen molar-refractivity contribution in [2.75, 3.05) is 6.61 Å². The lowest BCUT2D eigenvalue weighted by molar-refractivity contribution is 0.318. The van der Waals surface area contributed by atoms with E-state index in [0.717, 1.165) is 11.4 Å². The third-order valence-corrected chi connectivity index (χ3v) is 7.61. The predicted molar refractivity (Wildman–Crippen MR) is 78.7 cm³/mol. The smallest absolute Gasteiger partial charge is 0.192 e. The van der Waals surface area contributed by atoms with Crippen LogP contribution in [0, 0.1) is 0 Å². The fraction of sp³-hybridized carbons (Fsp3) is 0.615. The molecule has 2 N–H and O–H groups in total. The van der Waals surface area contributed by atoms with Crippen LogP contribution in [0.15, 0.2) is 28.5 Å². The third kappa shape index (κ3) is 5.84. The molecule has 4 heteroatoms. The summed E-state index contributed by atoms with van der Waals surface area (Å²) in [5.74, 6) is 0. The number of nitrogens with two attached hydrogens (primary N) is 1. The van der Waals surface area contributed by atoms with Gasteiger partial charge in [0.15, 0.2) is 8.32 Å². The summed E-state index contributed by atoms with van der Waals surface area (Å²) in [4.78, 5) is 3.95. The molecular weight excluding hydrogens is 228 g/mol. The summed E-state index contributed by atoms with van der Waals surface area (Å²) in [6.45, 7) is 17.0. The monoisotopic (exact) mass is 254 g/mol. The summed E-state index contributed by atoms with van der Waals surface area (Å²) in [7, 11) is -1.72. The summed E-state index contributed by atoms with van der Waals surface area (Å²) in [6, 6.07) is 0. The Morgan fingerprint density at radius 3 is 2.24 bits per heavy atom. The molecule has 0 aromatic carbocycles. The van der Waals surface area contributed by atoms with E-state index >= 15 is 0 Å². The predicted octanol–water partition coefficient (Wildman–Crippen LogP) is 3.46. The van der Waals surface area contributed by atoms with Crippen LogP contribution in [-0.2, 0) is 4.43 Å². The number of hydrogen-bond donors (Lipinski definition) is 1. The van der Waals surface area contributed by atoms with E-state index in [1.54, 1.807) is 0 Å². The van der Waals surface area contributed by atoms with E-state index in [0.29, 0.717) is 6.61 Å². The highest BCUT2D eigenvalue weighted by atomic mass is 28.4. The van der Waals surface area contributed by atoms with Crippen LogP contribution in [0.3, 0.4) is 0 Å². The van der Waals surface area contributed by atoms with Gasteiger partial charge in [-0.25, -0.2) is 0 Å². The van der Waals surface area contributed by atoms with Crippen molar-refractivity contribution in [2.45, 2.75) is 45.8 Å². The van der Waals surface area contributed by atoms with Gasteiger partial charge < -0.3 is 10.2 Å². The minimum atomic E-state index is -1.72. The fourth-order valence-corrected chi connectivity index (χ4v) is 1.79. The summed E-state index contributed by atoms with van der Waals surface area (Å²) >= 11 is 0. The largest absolute Gasteiger partial charge is 0.411 e. The van der Waals surface area contributed by atoms with Gasteiger partial charge in [-0.15, -0.1) is 0 Å². The molecule has 98 valence electrons. The molecule has 0 fully saturated rings. The molecule has 0 spiro atoms. The highest BCUT2D eigenvalue weighted by molar-refractivity contribution is 6.74. The lowest BCUT2D eigenvalue weighted by atomic mass is 10.2. The Bertz CT molecular complexity index is 321. The summed E-state index contributed by atoms with van der Waals surface area (Å²) in [5.41, 5.74) is 7.14. The number of rotatable bonds is 5. The topological polar surface area (TPSA) is 47.6 Å². The zero-order valence-corrected chi connectivity index (χ0v) is 13.0. The molecule has 0 aromatic rings. The molecule has 0 amide bonds. The van der Waals surface area contributed by atoms with Gasteiger partial charge >= 0.3 is 0 Å². The van der Waals surface area contributed by atoms with E-state index in [-0.39, 0.29) is 5.04 Å². The average Bonchev–Trinajstić information content (AvgIpc) is 2.15. The molecular formula is C13H26N2OSi. The number of allylic oxidation sites excluding steroid dienone is 3. The Morgan fingerprint density at radius 2 is 1.88 bits per heavy atom. The first kappa shape index (κ1) is 16.1. The van der Waals surface area contributed by atoms with Crippen LogP contribution in [0.25, 0.3) is 0 Å². The molecule has 0 bridgehead atoms. The molecule has 0 radical (unpaired) electrons. The summed E-state index contributed by atoms with van der Waals surface area (Å²) in [6.07, 6.45) is 3.68. The molecule has 0 aliphatic carbocycles. The second kappa shape index (κ2) is 6.17. The average molecular weight is 254 g/mol. The third-order valence-electron chi connectivity index (χ3n) is 3.13. The molecule has 0 aliphatic rings. The Balaban J connectivity index is 4.60. The quantitative estimate of drug-likeness (QED) is 0.464. The van der Waals surface area contributed by atoms with E-state index < -0.39 is 8.32 Å². The van der Waals surface area contributed by atoms with Gasteiger partial charge in [-0.2, -0.15) is 0 Å². The minimum absolute atomic E-state index is 0.207. The molecule has 0 aromatic heterocycles. The van der Waals surface area contributed by atoms with Crippen molar-refractivity contribution in [3.63, 3.8) is 0 Å². The van der Waals surface area contributed by atoms with E-state index in [1.165, 1.54) is 0 Å². The van der Waals surface area contributed by atoms with E-state index in [1.807, 2.05) is 19.1 Å². The Labute approximate surface area is 107 Å². The highest BCUT2D eigenvalue weighted by Crippen LogP contribution is 2.36. The van der Waals surface area contributed by atoms with Crippen molar-refractivity contribution in [2.24, 2.45) is 10.7 Å². The summed E-state index contributed by atoms with van der Waals surface area (Å²) in [5, 5.41) is 0.207. The van der Waals surface area contributed by atoms with Gasteiger partial charge in [0.25, 0.3) is 0 Å².